The van der Waals surface area contributed by atoms with Crippen LogP contribution in [-0.4, -0.2) is 24.6 Å². The molecule has 2 aromatic carbocycles. The Hall–Kier alpha value is -2.64. The van der Waals surface area contributed by atoms with Crippen molar-refractivity contribution in [1.29, 1.82) is 0 Å². The molecule has 0 spiro atoms. The molecule has 0 atom stereocenters. The summed E-state index contributed by atoms with van der Waals surface area (Å²) in [5, 5.41) is 6.57. The molecule has 2 amide bonds. The summed E-state index contributed by atoms with van der Waals surface area (Å²) in [4.78, 5) is 23.4. The number of amides is 2. The Morgan fingerprint density at radius 2 is 1.77 bits per heavy atom. The third kappa shape index (κ3) is 5.44. The van der Waals surface area contributed by atoms with Gasteiger partial charge in [-0.05, 0) is 48.9 Å². The number of benzene rings is 2. The van der Waals surface area contributed by atoms with Gasteiger partial charge in [-0.1, -0.05) is 23.2 Å². The van der Waals surface area contributed by atoms with E-state index in [-0.39, 0.29) is 5.69 Å². The molecule has 0 bridgehead atoms. The van der Waals surface area contributed by atoms with Crippen molar-refractivity contribution in [1.82, 2.24) is 5.43 Å². The number of hydrogen-bond donors (Lipinski definition) is 2. The molecule has 2 aromatic rings. The maximum absolute atomic E-state index is 12.8. The van der Waals surface area contributed by atoms with Crippen molar-refractivity contribution in [2.75, 3.05) is 11.9 Å². The fourth-order valence-electron chi connectivity index (χ4n) is 1.87. The summed E-state index contributed by atoms with van der Waals surface area (Å²) in [5.41, 5.74) is 2.85. The van der Waals surface area contributed by atoms with Gasteiger partial charge in [-0.15, -0.1) is 0 Å². The molecule has 2 rings (SSSR count). The maximum atomic E-state index is 12.8. The first-order valence-electron chi connectivity index (χ1n) is 7.42. The van der Waals surface area contributed by atoms with Gasteiger partial charge in [0.25, 0.3) is 0 Å². The number of nitrogens with one attached hydrogen (secondary N) is 2. The Morgan fingerprint density at radius 3 is 2.35 bits per heavy atom. The smallest absolute Gasteiger partial charge is 0.329 e. The van der Waals surface area contributed by atoms with Crippen LogP contribution >= 0.6 is 23.2 Å². The van der Waals surface area contributed by atoms with Gasteiger partial charge in [0.2, 0.25) is 0 Å². The normalized spacial score (nSPS) is 10.6. The van der Waals surface area contributed by atoms with Gasteiger partial charge in [-0.25, -0.2) is 9.82 Å². The number of halogens is 3. The largest absolute Gasteiger partial charge is 0.491 e. The molecule has 136 valence electrons. The van der Waals surface area contributed by atoms with E-state index in [9.17, 15) is 14.0 Å². The van der Waals surface area contributed by atoms with Crippen LogP contribution in [0.3, 0.4) is 0 Å². The number of nitrogens with zero attached hydrogens (tertiary/aromatic N) is 1. The topological polar surface area (TPSA) is 79.8 Å². The minimum absolute atomic E-state index is 0.278. The van der Waals surface area contributed by atoms with Gasteiger partial charge < -0.3 is 10.1 Å². The third-order valence-corrected chi connectivity index (χ3v) is 3.56. The first-order chi connectivity index (χ1) is 12.4. The zero-order valence-electron chi connectivity index (χ0n) is 13.6. The number of carbonyl (C=O) groups is 2. The van der Waals surface area contributed by atoms with Crippen LogP contribution in [0, 0.1) is 5.82 Å². The summed E-state index contributed by atoms with van der Waals surface area (Å²) in [6.07, 6.45) is 1.27. The van der Waals surface area contributed by atoms with Gasteiger partial charge in [-0.2, -0.15) is 5.10 Å². The van der Waals surface area contributed by atoms with Crippen molar-refractivity contribution in [3.8, 4) is 5.75 Å². The molecule has 2 N–H and O–H groups in total. The Morgan fingerprint density at radius 1 is 1.15 bits per heavy atom. The molecule has 0 saturated carbocycles. The highest BCUT2D eigenvalue weighted by molar-refractivity contribution is 6.39. The molecule has 0 fully saturated rings. The number of hydrazone groups is 1. The van der Waals surface area contributed by atoms with Crippen LogP contribution < -0.4 is 15.5 Å². The highest BCUT2D eigenvalue weighted by Gasteiger charge is 2.13. The van der Waals surface area contributed by atoms with E-state index in [4.69, 9.17) is 27.9 Å². The first-order valence-corrected chi connectivity index (χ1v) is 8.18. The van der Waals surface area contributed by atoms with Gasteiger partial charge >= 0.3 is 11.8 Å². The molecular formula is C17H14Cl2FN3O3. The Labute approximate surface area is 158 Å². The molecule has 0 heterocycles. The summed E-state index contributed by atoms with van der Waals surface area (Å²) in [6.45, 7) is 2.21. The van der Waals surface area contributed by atoms with Crippen LogP contribution in [0.1, 0.15) is 12.5 Å². The average Bonchev–Trinajstić information content (AvgIpc) is 2.60. The van der Waals surface area contributed by atoms with Crippen LogP contribution in [0.25, 0.3) is 0 Å². The van der Waals surface area contributed by atoms with Gasteiger partial charge in [-0.3, -0.25) is 9.59 Å². The second kappa shape index (κ2) is 9.17. The van der Waals surface area contributed by atoms with Crippen LogP contribution in [0.15, 0.2) is 41.5 Å². The molecule has 0 aromatic heterocycles. The molecule has 0 saturated heterocycles. The monoisotopic (exact) mass is 397 g/mol. The number of rotatable bonds is 5. The molecule has 9 heteroatoms. The van der Waals surface area contributed by atoms with E-state index in [1.807, 2.05) is 0 Å². The summed E-state index contributed by atoms with van der Waals surface area (Å²) >= 11 is 12.1. The van der Waals surface area contributed by atoms with E-state index in [1.165, 1.54) is 18.3 Å². The van der Waals surface area contributed by atoms with Crippen LogP contribution in [0.4, 0.5) is 10.1 Å². The molecule has 0 aliphatic rings. The Balaban J connectivity index is 1.95. The summed E-state index contributed by atoms with van der Waals surface area (Å²) in [6, 6.07) is 8.07. The average molecular weight is 398 g/mol. The molecule has 0 radical (unpaired) electrons. The molecular weight excluding hydrogens is 384 g/mol. The minimum atomic E-state index is -0.992. The molecule has 0 unspecified atom stereocenters. The van der Waals surface area contributed by atoms with Crippen molar-refractivity contribution in [3.05, 3.63) is 57.8 Å². The fraction of sp³-hybridized carbons (Fsp3) is 0.118. The van der Waals surface area contributed by atoms with Crippen molar-refractivity contribution < 1.29 is 18.7 Å². The Kier molecular flexibility index (Phi) is 6.94. The van der Waals surface area contributed by atoms with Crippen LogP contribution in [-0.2, 0) is 9.59 Å². The molecule has 6 nitrogen and oxygen atoms in total. The van der Waals surface area contributed by atoms with E-state index >= 15 is 0 Å². The summed E-state index contributed by atoms with van der Waals surface area (Å²) < 4.78 is 18.1. The SMILES string of the molecule is CCOc1c(Cl)cc(/C=N\NC(=O)C(=O)Nc2ccc(F)cc2)cc1Cl. The second-order valence-electron chi connectivity index (χ2n) is 4.91. The van der Waals surface area contributed by atoms with Crippen molar-refractivity contribution >= 4 is 46.9 Å². The quantitative estimate of drug-likeness (QED) is 0.459. The van der Waals surface area contributed by atoms with Gasteiger partial charge in [0.1, 0.15) is 5.82 Å². The van der Waals surface area contributed by atoms with Gasteiger partial charge in [0, 0.05) is 5.69 Å². The van der Waals surface area contributed by atoms with Crippen LogP contribution in [0.5, 0.6) is 5.75 Å². The summed E-state index contributed by atoms with van der Waals surface area (Å²) in [5.74, 6) is -2.04. The van der Waals surface area contributed by atoms with E-state index in [0.29, 0.717) is 28.0 Å². The Bertz CT molecular complexity index is 819. The second-order valence-corrected chi connectivity index (χ2v) is 5.72. The third-order valence-electron chi connectivity index (χ3n) is 3.00. The lowest BCUT2D eigenvalue weighted by atomic mass is 10.2. The zero-order chi connectivity index (χ0) is 19.1. The highest BCUT2D eigenvalue weighted by atomic mass is 35.5. The predicted molar refractivity (Wildman–Crippen MR) is 98.4 cm³/mol. The van der Waals surface area contributed by atoms with E-state index in [0.717, 1.165) is 12.1 Å². The lowest BCUT2D eigenvalue weighted by Crippen LogP contribution is -2.32. The fourth-order valence-corrected chi connectivity index (χ4v) is 2.49. The lowest BCUT2D eigenvalue weighted by molar-refractivity contribution is -0.136. The van der Waals surface area contributed by atoms with Gasteiger partial charge in [0.15, 0.2) is 5.75 Å². The van der Waals surface area contributed by atoms with Crippen molar-refractivity contribution in [2.45, 2.75) is 6.92 Å². The standard InChI is InChI=1S/C17H14Cl2FN3O3/c1-2-26-15-13(18)7-10(8-14(15)19)9-21-23-17(25)16(24)22-12-5-3-11(20)4-6-12/h3-9H,2H2,1H3,(H,22,24)(H,23,25)/b21-9-. The predicted octanol–water partition coefficient (Wildman–Crippen LogP) is 3.62. The van der Waals surface area contributed by atoms with Crippen molar-refractivity contribution in [2.24, 2.45) is 5.10 Å². The summed E-state index contributed by atoms with van der Waals surface area (Å²) in [7, 11) is 0. The van der Waals surface area contributed by atoms with Crippen molar-refractivity contribution in [3.63, 3.8) is 0 Å². The van der Waals surface area contributed by atoms with Gasteiger partial charge in [0.05, 0.1) is 22.9 Å². The molecule has 0 aliphatic carbocycles. The molecule has 26 heavy (non-hydrogen) atoms. The van der Waals surface area contributed by atoms with Crippen LogP contribution in [0.2, 0.25) is 10.0 Å². The zero-order valence-corrected chi connectivity index (χ0v) is 15.1. The highest BCUT2D eigenvalue weighted by Crippen LogP contribution is 2.33. The van der Waals surface area contributed by atoms with E-state index < -0.39 is 17.6 Å². The number of hydrogen-bond acceptors (Lipinski definition) is 4. The maximum Gasteiger partial charge on any atom is 0.329 e. The number of anilines is 1. The molecule has 0 aliphatic heterocycles. The van der Waals surface area contributed by atoms with E-state index in [2.05, 4.69) is 15.8 Å². The van der Waals surface area contributed by atoms with E-state index in [1.54, 1.807) is 19.1 Å². The number of ether oxygens (including phenoxy) is 1. The lowest BCUT2D eigenvalue weighted by Gasteiger charge is -2.08. The first kappa shape index (κ1) is 19.7. The number of carbonyl (C=O) groups excluding carboxylic acids is 2. The minimum Gasteiger partial charge on any atom is -0.491 e.